The summed E-state index contributed by atoms with van der Waals surface area (Å²) in [6.07, 6.45) is 3.10. The van der Waals surface area contributed by atoms with Gasteiger partial charge in [0.25, 0.3) is 23.4 Å². The number of amides is 2. The summed E-state index contributed by atoms with van der Waals surface area (Å²) < 4.78 is 14.9. The number of Topliss-reactive ketones (excluding diaryl/α,β-unsaturated/α-hetero) is 2. The number of hydrogen-bond donors (Lipinski definition) is 2. The minimum Gasteiger partial charge on any atom is -0.497 e. The number of para-hydroxylation sites is 1. The first-order chi connectivity index (χ1) is 31.3. The molecule has 3 aromatic heterocycles. The number of aromatic nitrogens is 3. The smallest absolute Gasteiger partial charge is 0.296 e. The van der Waals surface area contributed by atoms with Gasteiger partial charge in [-0.15, -0.1) is 0 Å². The highest BCUT2D eigenvalue weighted by atomic mass is 35.5. The molecule has 2 amide bonds. The second kappa shape index (κ2) is 20.3. The van der Waals surface area contributed by atoms with Crippen molar-refractivity contribution in [3.8, 4) is 11.5 Å². The molecule has 0 fully saturated rings. The van der Waals surface area contributed by atoms with E-state index in [1.54, 1.807) is 62.9 Å². The Bertz CT molecular complexity index is 3050. The molecule has 0 radical (unpaired) electrons. The predicted octanol–water partition coefficient (Wildman–Crippen LogP) is 11.8. The third-order valence-electron chi connectivity index (χ3n) is 10.8. The molecule has 0 aliphatic carbocycles. The molecule has 5 aromatic carbocycles. The van der Waals surface area contributed by atoms with Crippen LogP contribution in [0.3, 0.4) is 0 Å². The van der Waals surface area contributed by atoms with Gasteiger partial charge >= 0.3 is 0 Å². The summed E-state index contributed by atoms with van der Waals surface area (Å²) in [5.74, 6) is -1.51. The lowest BCUT2D eigenvalue weighted by molar-refractivity contribution is -0.113. The van der Waals surface area contributed by atoms with Gasteiger partial charge in [0, 0.05) is 62.5 Å². The quantitative estimate of drug-likeness (QED) is 0.0869. The zero-order valence-corrected chi connectivity index (χ0v) is 38.4. The SMILES string of the molecule is COc1ccc2c(c1)c(C(=O)C(=O)Nc1ccccc1Cl)c(C)n2Cc1ccc(Cl)cc1.COc1ccc2c(c1)c(C(=O)C(=O)Nc1cccnc1)c(C(C)C)n2Cc1ccc(Cl)cc1. The fraction of sp³-hybridized carbons (Fsp3) is 0.157. The van der Waals surface area contributed by atoms with Crippen molar-refractivity contribution < 1.29 is 28.7 Å². The van der Waals surface area contributed by atoms with E-state index in [0.717, 1.165) is 27.9 Å². The second-order valence-electron chi connectivity index (χ2n) is 15.4. The lowest BCUT2D eigenvalue weighted by Gasteiger charge is -2.15. The van der Waals surface area contributed by atoms with Gasteiger partial charge in [-0.1, -0.05) is 85.0 Å². The molecule has 0 bridgehead atoms. The largest absolute Gasteiger partial charge is 0.497 e. The van der Waals surface area contributed by atoms with Crippen molar-refractivity contribution in [3.63, 3.8) is 0 Å². The molecule has 0 atom stereocenters. The number of halogens is 3. The number of nitrogens with one attached hydrogen (secondary N) is 2. The third-order valence-corrected chi connectivity index (χ3v) is 11.6. The minimum atomic E-state index is -0.755. The highest BCUT2D eigenvalue weighted by Crippen LogP contribution is 2.36. The molecular weight excluding hydrogens is 885 g/mol. The summed E-state index contributed by atoms with van der Waals surface area (Å²) in [5, 5.41) is 8.28. The Morgan fingerprint density at radius 3 is 1.69 bits per heavy atom. The van der Waals surface area contributed by atoms with Crippen LogP contribution in [0.4, 0.5) is 11.4 Å². The Labute approximate surface area is 390 Å². The van der Waals surface area contributed by atoms with E-state index >= 15 is 0 Å². The molecule has 0 spiro atoms. The molecule has 8 rings (SSSR count). The summed E-state index contributed by atoms with van der Waals surface area (Å²) in [5.41, 5.74) is 6.77. The van der Waals surface area contributed by atoms with Crippen molar-refractivity contribution in [1.82, 2.24) is 14.1 Å². The van der Waals surface area contributed by atoms with Crippen LogP contribution in [-0.4, -0.2) is 51.7 Å². The van der Waals surface area contributed by atoms with Gasteiger partial charge in [-0.2, -0.15) is 0 Å². The highest BCUT2D eigenvalue weighted by Gasteiger charge is 2.30. The summed E-state index contributed by atoms with van der Waals surface area (Å²) in [4.78, 5) is 56.6. The molecule has 0 saturated heterocycles. The minimum absolute atomic E-state index is 0.0131. The van der Waals surface area contributed by atoms with Crippen molar-refractivity contribution >= 4 is 91.4 Å². The average molecular weight is 929 g/mol. The van der Waals surface area contributed by atoms with E-state index in [2.05, 4.69) is 20.2 Å². The number of anilines is 2. The van der Waals surface area contributed by atoms with Gasteiger partial charge in [0.1, 0.15) is 11.5 Å². The first-order valence-corrected chi connectivity index (χ1v) is 21.6. The Kier molecular flexibility index (Phi) is 14.4. The van der Waals surface area contributed by atoms with Crippen LogP contribution in [0.2, 0.25) is 15.1 Å². The van der Waals surface area contributed by atoms with E-state index in [0.29, 0.717) is 78.6 Å². The van der Waals surface area contributed by atoms with E-state index < -0.39 is 23.4 Å². The maximum absolute atomic E-state index is 13.5. The maximum Gasteiger partial charge on any atom is 0.296 e. The monoisotopic (exact) mass is 927 g/mol. The Morgan fingerprint density at radius 1 is 0.631 bits per heavy atom. The number of nitrogens with zero attached hydrogens (tertiary/aromatic N) is 3. The van der Waals surface area contributed by atoms with Gasteiger partial charge in [0.15, 0.2) is 0 Å². The number of carbonyl (C=O) groups is 4. The molecule has 0 aliphatic rings. The topological polar surface area (TPSA) is 134 Å². The summed E-state index contributed by atoms with van der Waals surface area (Å²) in [6.45, 7) is 6.91. The van der Waals surface area contributed by atoms with Gasteiger partial charge in [0.05, 0.1) is 47.9 Å². The van der Waals surface area contributed by atoms with Crippen LogP contribution >= 0.6 is 34.8 Å². The molecule has 11 nitrogen and oxygen atoms in total. The molecule has 0 aliphatic heterocycles. The number of ketones is 2. The molecule has 330 valence electrons. The number of ether oxygens (including phenoxy) is 2. The molecule has 0 unspecified atom stereocenters. The van der Waals surface area contributed by atoms with Crippen LogP contribution in [0, 0.1) is 6.92 Å². The lowest BCUT2D eigenvalue weighted by atomic mass is 9.99. The fourth-order valence-electron chi connectivity index (χ4n) is 7.71. The lowest BCUT2D eigenvalue weighted by Crippen LogP contribution is -2.24. The first kappa shape index (κ1) is 46.1. The number of benzene rings is 5. The van der Waals surface area contributed by atoms with Crippen molar-refractivity contribution in [2.75, 3.05) is 24.9 Å². The standard InChI is InChI=1S/C26H24ClN3O3.C25H20Cl2N2O3/c1-16(2)24-23(25(31)26(32)29-19-5-4-12-28-14-19)21-13-20(33-3)10-11-22(21)30(24)15-17-6-8-18(27)9-7-17;1-15-23(24(30)25(31)28-21-6-4-3-5-20(21)27)19-13-18(32-2)11-12-22(19)29(15)14-16-7-9-17(26)10-8-16/h4-14,16H,15H2,1-3H3,(H,29,32);3-13H,14H2,1-2H3,(H,28,31). The summed E-state index contributed by atoms with van der Waals surface area (Å²) in [7, 11) is 3.14. The zero-order chi connectivity index (χ0) is 46.4. The van der Waals surface area contributed by atoms with Gasteiger partial charge in [-0.05, 0) is 109 Å². The van der Waals surface area contributed by atoms with Crippen LogP contribution in [0.15, 0.2) is 134 Å². The maximum atomic E-state index is 13.5. The molecule has 3 heterocycles. The molecular formula is C51H44Cl3N5O6. The summed E-state index contributed by atoms with van der Waals surface area (Å²) in [6, 6.07) is 36.4. The average Bonchev–Trinajstić information content (AvgIpc) is 3.77. The Hall–Kier alpha value is -6.92. The first-order valence-electron chi connectivity index (χ1n) is 20.5. The van der Waals surface area contributed by atoms with Gasteiger partial charge in [0.2, 0.25) is 0 Å². The molecule has 2 N–H and O–H groups in total. The normalized spacial score (nSPS) is 11.0. The van der Waals surface area contributed by atoms with Crippen LogP contribution in [-0.2, 0) is 22.7 Å². The molecule has 8 aromatic rings. The van der Waals surface area contributed by atoms with Gasteiger partial charge in [-0.25, -0.2) is 0 Å². The number of methoxy groups -OCH3 is 2. The fourth-order valence-corrected chi connectivity index (χ4v) is 8.14. The predicted molar refractivity (Wildman–Crippen MR) is 259 cm³/mol. The van der Waals surface area contributed by atoms with E-state index in [1.165, 1.54) is 6.20 Å². The van der Waals surface area contributed by atoms with Crippen LogP contribution in [0.25, 0.3) is 21.8 Å². The van der Waals surface area contributed by atoms with Gasteiger partial charge in [-0.3, -0.25) is 24.2 Å². The van der Waals surface area contributed by atoms with Crippen molar-refractivity contribution in [3.05, 3.63) is 182 Å². The molecule has 14 heteroatoms. The zero-order valence-electron chi connectivity index (χ0n) is 36.1. The molecule has 65 heavy (non-hydrogen) atoms. The Morgan fingerprint density at radius 2 is 1.15 bits per heavy atom. The van der Waals surface area contributed by atoms with Crippen molar-refractivity contribution in [1.29, 1.82) is 0 Å². The second-order valence-corrected chi connectivity index (χ2v) is 16.6. The van der Waals surface area contributed by atoms with Crippen LogP contribution < -0.4 is 20.1 Å². The van der Waals surface area contributed by atoms with E-state index in [-0.39, 0.29) is 5.92 Å². The number of pyridine rings is 1. The van der Waals surface area contributed by atoms with Crippen LogP contribution in [0.5, 0.6) is 11.5 Å². The van der Waals surface area contributed by atoms with E-state index in [4.69, 9.17) is 44.3 Å². The number of rotatable bonds is 13. The molecule has 0 saturated carbocycles. The Balaban J connectivity index is 0.000000194. The summed E-state index contributed by atoms with van der Waals surface area (Å²) >= 11 is 18.2. The number of carbonyl (C=O) groups excluding carboxylic acids is 4. The third kappa shape index (κ3) is 10.2. The van der Waals surface area contributed by atoms with Crippen molar-refractivity contribution in [2.45, 2.75) is 39.8 Å². The van der Waals surface area contributed by atoms with Gasteiger partial charge < -0.3 is 29.2 Å². The number of hydrogen-bond acceptors (Lipinski definition) is 7. The van der Waals surface area contributed by atoms with Crippen molar-refractivity contribution in [2.24, 2.45) is 0 Å². The highest BCUT2D eigenvalue weighted by molar-refractivity contribution is 6.50. The van der Waals surface area contributed by atoms with E-state index in [9.17, 15) is 19.2 Å². The van der Waals surface area contributed by atoms with E-state index in [1.807, 2.05) is 104 Å². The number of fused-ring (bicyclic) bond motifs is 2. The van der Waals surface area contributed by atoms with Crippen LogP contribution in [0.1, 0.15) is 63.0 Å².